The second-order valence-corrected chi connectivity index (χ2v) is 7.03. The summed E-state index contributed by atoms with van der Waals surface area (Å²) < 4.78 is 10.4. The van der Waals surface area contributed by atoms with Crippen molar-refractivity contribution in [2.75, 3.05) is 0 Å². The molecule has 2 aliphatic heterocycles. The van der Waals surface area contributed by atoms with Crippen LogP contribution in [0.25, 0.3) is 0 Å². The molecule has 0 radical (unpaired) electrons. The minimum atomic E-state index is -1.20. The minimum absolute atomic E-state index is 0.0492. The van der Waals surface area contributed by atoms with Gasteiger partial charge in [0.25, 0.3) is 0 Å². The molecule has 0 spiro atoms. The summed E-state index contributed by atoms with van der Waals surface area (Å²) in [5.41, 5.74) is 0.00915. The number of fused-ring (bicyclic) bond motifs is 2. The van der Waals surface area contributed by atoms with Gasteiger partial charge in [-0.05, 0) is 31.4 Å². The van der Waals surface area contributed by atoms with Crippen molar-refractivity contribution >= 4 is 11.9 Å². The molecule has 0 bridgehead atoms. The lowest BCUT2D eigenvalue weighted by Crippen LogP contribution is -2.50. The SMILES string of the molecule is C[C@@]12CCC[C@]3(C)C4=CC(=O)OC(O)C4C=C(OC1=O)C23. The van der Waals surface area contributed by atoms with E-state index in [-0.39, 0.29) is 17.3 Å². The average Bonchev–Trinajstić information content (AvgIpc) is 2.65. The van der Waals surface area contributed by atoms with Crippen molar-refractivity contribution in [3.05, 3.63) is 23.5 Å². The van der Waals surface area contributed by atoms with Gasteiger partial charge in [-0.3, -0.25) is 4.79 Å². The fraction of sp³-hybridized carbons (Fsp3) is 0.625. The van der Waals surface area contributed by atoms with Gasteiger partial charge < -0.3 is 14.6 Å². The predicted octanol–water partition coefficient (Wildman–Crippen LogP) is 1.67. The molecule has 5 atom stereocenters. The Kier molecular flexibility index (Phi) is 2.35. The van der Waals surface area contributed by atoms with E-state index < -0.39 is 23.6 Å². The molecule has 2 aliphatic carbocycles. The van der Waals surface area contributed by atoms with E-state index in [2.05, 4.69) is 6.92 Å². The molecule has 3 unspecified atom stereocenters. The fourth-order valence-electron chi connectivity index (χ4n) is 4.88. The maximum absolute atomic E-state index is 12.3. The number of rotatable bonds is 0. The molecule has 0 aromatic carbocycles. The van der Waals surface area contributed by atoms with Gasteiger partial charge in [-0.25, -0.2) is 4.79 Å². The molecule has 0 aromatic heterocycles. The van der Waals surface area contributed by atoms with Gasteiger partial charge in [0.15, 0.2) is 0 Å². The molecule has 5 nitrogen and oxygen atoms in total. The molecule has 1 saturated heterocycles. The summed E-state index contributed by atoms with van der Waals surface area (Å²) in [4.78, 5) is 24.0. The van der Waals surface area contributed by atoms with Crippen molar-refractivity contribution < 1.29 is 24.2 Å². The van der Waals surface area contributed by atoms with Gasteiger partial charge in [-0.15, -0.1) is 0 Å². The zero-order valence-corrected chi connectivity index (χ0v) is 12.1. The summed E-state index contributed by atoms with van der Waals surface area (Å²) >= 11 is 0. The first-order valence-electron chi connectivity index (χ1n) is 7.41. The van der Waals surface area contributed by atoms with Crippen LogP contribution in [0.2, 0.25) is 0 Å². The highest BCUT2D eigenvalue weighted by molar-refractivity contribution is 5.86. The van der Waals surface area contributed by atoms with Crippen LogP contribution in [0.5, 0.6) is 0 Å². The van der Waals surface area contributed by atoms with Crippen LogP contribution in [0.15, 0.2) is 23.5 Å². The first-order valence-corrected chi connectivity index (χ1v) is 7.41. The van der Waals surface area contributed by atoms with Gasteiger partial charge in [0.1, 0.15) is 5.76 Å². The number of aliphatic hydroxyl groups excluding tert-OH is 1. The van der Waals surface area contributed by atoms with Crippen LogP contribution in [0.3, 0.4) is 0 Å². The third kappa shape index (κ3) is 1.45. The normalized spacial score (nSPS) is 47.7. The third-order valence-electron chi connectivity index (χ3n) is 5.81. The van der Waals surface area contributed by atoms with E-state index in [0.29, 0.717) is 5.76 Å². The summed E-state index contributed by atoms with van der Waals surface area (Å²) in [6, 6.07) is 0. The van der Waals surface area contributed by atoms with E-state index >= 15 is 0 Å². The fourth-order valence-corrected chi connectivity index (χ4v) is 4.88. The monoisotopic (exact) mass is 290 g/mol. The van der Waals surface area contributed by atoms with Gasteiger partial charge >= 0.3 is 11.9 Å². The second kappa shape index (κ2) is 3.77. The number of hydrogen-bond acceptors (Lipinski definition) is 5. The van der Waals surface area contributed by atoms with Crippen LogP contribution >= 0.6 is 0 Å². The van der Waals surface area contributed by atoms with E-state index in [9.17, 15) is 14.7 Å². The van der Waals surface area contributed by atoms with E-state index in [0.717, 1.165) is 24.8 Å². The molecule has 0 amide bonds. The molecule has 5 heteroatoms. The first kappa shape index (κ1) is 13.1. The highest BCUT2D eigenvalue weighted by Gasteiger charge is 2.64. The van der Waals surface area contributed by atoms with Crippen molar-refractivity contribution in [3.8, 4) is 0 Å². The number of carbonyl (C=O) groups is 2. The van der Waals surface area contributed by atoms with Crippen LogP contribution in [0, 0.1) is 22.7 Å². The van der Waals surface area contributed by atoms with Gasteiger partial charge in [0, 0.05) is 17.4 Å². The summed E-state index contributed by atoms with van der Waals surface area (Å²) in [6.07, 6.45) is 4.65. The van der Waals surface area contributed by atoms with Crippen LogP contribution < -0.4 is 0 Å². The van der Waals surface area contributed by atoms with Crippen LogP contribution in [-0.4, -0.2) is 23.3 Å². The number of esters is 2. The first-order chi connectivity index (χ1) is 9.86. The predicted molar refractivity (Wildman–Crippen MR) is 71.4 cm³/mol. The zero-order chi connectivity index (χ0) is 15.0. The smallest absolute Gasteiger partial charge is 0.333 e. The van der Waals surface area contributed by atoms with Crippen LogP contribution in [0.1, 0.15) is 33.1 Å². The maximum atomic E-state index is 12.3. The van der Waals surface area contributed by atoms with Crippen molar-refractivity contribution in [1.82, 2.24) is 0 Å². The van der Waals surface area contributed by atoms with Crippen molar-refractivity contribution in [2.24, 2.45) is 22.7 Å². The summed E-state index contributed by atoms with van der Waals surface area (Å²) in [5.74, 6) is -0.516. The number of hydrogen-bond donors (Lipinski definition) is 1. The lowest BCUT2D eigenvalue weighted by atomic mass is 9.50. The molecule has 112 valence electrons. The number of ether oxygens (including phenoxy) is 2. The molecule has 2 fully saturated rings. The molecule has 1 N–H and O–H groups in total. The molecule has 2 heterocycles. The third-order valence-corrected chi connectivity index (χ3v) is 5.81. The summed E-state index contributed by atoms with van der Waals surface area (Å²) in [5, 5.41) is 10.1. The maximum Gasteiger partial charge on any atom is 0.333 e. The van der Waals surface area contributed by atoms with Crippen molar-refractivity contribution in [3.63, 3.8) is 0 Å². The Morgan fingerprint density at radius 1 is 1.24 bits per heavy atom. The largest absolute Gasteiger partial charge is 0.432 e. The Bertz CT molecular complexity index is 618. The lowest BCUT2D eigenvalue weighted by molar-refractivity contribution is -0.171. The number of carbonyl (C=O) groups excluding carboxylic acids is 2. The molecule has 4 rings (SSSR count). The van der Waals surface area contributed by atoms with E-state index in [1.54, 1.807) is 6.08 Å². The van der Waals surface area contributed by atoms with Crippen molar-refractivity contribution in [2.45, 2.75) is 39.4 Å². The second-order valence-electron chi connectivity index (χ2n) is 7.03. The molecule has 21 heavy (non-hydrogen) atoms. The highest BCUT2D eigenvalue weighted by atomic mass is 16.6. The standard InChI is InChI=1S/C16H18O5/c1-15-4-3-5-16(2)12(15)10(20-14(16)19)6-8-9(15)7-11(17)21-13(8)18/h6-8,12-13,18H,3-5H2,1-2H3/t8?,12?,13?,15-,16+/m1/s1. The van der Waals surface area contributed by atoms with Gasteiger partial charge in [0.05, 0.1) is 11.3 Å². The summed E-state index contributed by atoms with van der Waals surface area (Å²) in [6.45, 7) is 4.03. The molecule has 1 saturated carbocycles. The Morgan fingerprint density at radius 2 is 1.95 bits per heavy atom. The van der Waals surface area contributed by atoms with Gasteiger partial charge in [-0.1, -0.05) is 13.3 Å². The average molecular weight is 290 g/mol. The Labute approximate surface area is 122 Å². The van der Waals surface area contributed by atoms with Gasteiger partial charge in [0.2, 0.25) is 6.29 Å². The van der Waals surface area contributed by atoms with Crippen molar-refractivity contribution in [1.29, 1.82) is 0 Å². The Hall–Kier alpha value is -1.62. The minimum Gasteiger partial charge on any atom is -0.432 e. The number of cyclic esters (lactones) is 1. The molecular formula is C16H18O5. The molecular weight excluding hydrogens is 272 g/mol. The van der Waals surface area contributed by atoms with Crippen LogP contribution in [-0.2, 0) is 19.1 Å². The van der Waals surface area contributed by atoms with E-state index in [1.807, 2.05) is 6.92 Å². The topological polar surface area (TPSA) is 72.8 Å². The quantitative estimate of drug-likeness (QED) is 0.687. The number of allylic oxidation sites excluding steroid dienone is 1. The Morgan fingerprint density at radius 3 is 2.71 bits per heavy atom. The number of aliphatic hydroxyl groups is 1. The summed E-state index contributed by atoms with van der Waals surface area (Å²) in [7, 11) is 0. The zero-order valence-electron chi connectivity index (χ0n) is 12.1. The highest BCUT2D eigenvalue weighted by Crippen LogP contribution is 2.65. The molecule has 0 aromatic rings. The lowest BCUT2D eigenvalue weighted by Gasteiger charge is -2.52. The van der Waals surface area contributed by atoms with E-state index in [1.165, 1.54) is 6.08 Å². The van der Waals surface area contributed by atoms with E-state index in [4.69, 9.17) is 9.47 Å². The Balaban J connectivity index is 1.94. The van der Waals surface area contributed by atoms with Gasteiger partial charge in [-0.2, -0.15) is 0 Å². The molecule has 4 aliphatic rings. The van der Waals surface area contributed by atoms with Crippen LogP contribution in [0.4, 0.5) is 0 Å².